The van der Waals surface area contributed by atoms with Crippen molar-refractivity contribution in [1.82, 2.24) is 9.80 Å². The summed E-state index contributed by atoms with van der Waals surface area (Å²) in [4.78, 5) is 4.69. The Kier molecular flexibility index (Phi) is 9.67. The topological polar surface area (TPSA) is 101 Å². The number of fused-ring (bicyclic) bond motifs is 3. The van der Waals surface area contributed by atoms with Gasteiger partial charge < -0.3 is 43.0 Å². The van der Waals surface area contributed by atoms with Gasteiger partial charge in [-0.15, -0.1) is 0 Å². The highest BCUT2D eigenvalue weighted by molar-refractivity contribution is 5.87. The van der Waals surface area contributed by atoms with Crippen molar-refractivity contribution in [2.45, 2.75) is 37.8 Å². The second kappa shape index (κ2) is 14.2. The third-order valence-electron chi connectivity index (χ3n) is 11.0. The monoisotopic (exact) mass is 712 g/mol. The molecule has 0 saturated heterocycles. The smallest absolute Gasteiger partial charge is 0.204 e. The molecule has 0 spiro atoms. The normalized spacial score (nSPS) is 17.7. The average molecular weight is 713 g/mol. The number of phenols is 1. The molecule has 7 rings (SSSR count). The van der Waals surface area contributed by atoms with Crippen LogP contribution in [0.25, 0.3) is 11.1 Å². The van der Waals surface area contributed by atoms with Gasteiger partial charge in [0.2, 0.25) is 5.75 Å². The van der Waals surface area contributed by atoms with Crippen molar-refractivity contribution in [3.05, 3.63) is 69.8 Å². The molecular weight excluding hydrogens is 664 g/mol. The summed E-state index contributed by atoms with van der Waals surface area (Å²) in [5.41, 5.74) is 8.57. The molecule has 276 valence electrons. The van der Waals surface area contributed by atoms with E-state index < -0.39 is 0 Å². The van der Waals surface area contributed by atoms with Crippen molar-refractivity contribution in [3.63, 3.8) is 0 Å². The van der Waals surface area contributed by atoms with Gasteiger partial charge in [0.25, 0.3) is 0 Å². The molecule has 1 aliphatic carbocycles. The Bertz CT molecular complexity index is 2010. The molecule has 1 N–H and O–H groups in total. The maximum Gasteiger partial charge on any atom is 0.204 e. The SMILES string of the molecule is COc1cc2c(cc1O)C(Cc1cc(OC)c(OC)cc1Oc1cc3c(cc1OC)-c1c(OC)c(OC)c(OC)c4c1C(C3)N(C)CC4)N(C)CC2. The highest BCUT2D eigenvalue weighted by Crippen LogP contribution is 2.58. The predicted molar refractivity (Wildman–Crippen MR) is 198 cm³/mol. The van der Waals surface area contributed by atoms with Gasteiger partial charge in [0, 0.05) is 47.9 Å². The second-order valence-electron chi connectivity index (χ2n) is 13.6. The summed E-state index contributed by atoms with van der Waals surface area (Å²) in [6.07, 6.45) is 3.04. The van der Waals surface area contributed by atoms with Crippen LogP contribution in [0.15, 0.2) is 36.4 Å². The molecule has 2 heterocycles. The Balaban J connectivity index is 1.35. The first-order valence-electron chi connectivity index (χ1n) is 17.5. The van der Waals surface area contributed by atoms with Crippen LogP contribution < -0.4 is 37.9 Å². The van der Waals surface area contributed by atoms with Gasteiger partial charge in [0.05, 0.1) is 49.8 Å². The van der Waals surface area contributed by atoms with Crippen LogP contribution in [0, 0.1) is 0 Å². The van der Waals surface area contributed by atoms with E-state index in [1.807, 2.05) is 30.3 Å². The number of ether oxygens (including phenoxy) is 8. The van der Waals surface area contributed by atoms with Crippen molar-refractivity contribution in [2.24, 2.45) is 0 Å². The van der Waals surface area contributed by atoms with Gasteiger partial charge in [0.1, 0.15) is 5.75 Å². The lowest BCUT2D eigenvalue weighted by Gasteiger charge is -2.41. The maximum atomic E-state index is 10.8. The fourth-order valence-corrected chi connectivity index (χ4v) is 8.36. The summed E-state index contributed by atoms with van der Waals surface area (Å²) < 4.78 is 47.8. The summed E-state index contributed by atoms with van der Waals surface area (Å²) in [5.74, 6) is 5.47. The van der Waals surface area contributed by atoms with Crippen molar-refractivity contribution >= 4 is 0 Å². The molecule has 4 aromatic carbocycles. The number of aromatic hydroxyl groups is 1. The van der Waals surface area contributed by atoms with Crippen molar-refractivity contribution < 1.29 is 43.0 Å². The van der Waals surface area contributed by atoms with Gasteiger partial charge in [-0.25, -0.2) is 0 Å². The summed E-state index contributed by atoms with van der Waals surface area (Å²) in [6.45, 7) is 1.74. The third kappa shape index (κ3) is 5.76. The van der Waals surface area contributed by atoms with Gasteiger partial charge >= 0.3 is 0 Å². The molecule has 0 bridgehead atoms. The largest absolute Gasteiger partial charge is 0.504 e. The first kappa shape index (κ1) is 35.4. The summed E-state index contributed by atoms with van der Waals surface area (Å²) in [5, 5.41) is 10.8. The van der Waals surface area contributed by atoms with Gasteiger partial charge in [-0.2, -0.15) is 0 Å². The van der Waals surface area contributed by atoms with Crippen molar-refractivity contribution in [3.8, 4) is 68.6 Å². The lowest BCUT2D eigenvalue weighted by atomic mass is 9.76. The van der Waals surface area contributed by atoms with Crippen LogP contribution in [0.5, 0.6) is 57.5 Å². The minimum Gasteiger partial charge on any atom is -0.504 e. The lowest BCUT2D eigenvalue weighted by molar-refractivity contribution is 0.222. The number of methoxy groups -OCH3 is 7. The number of phenolic OH excluding ortho intramolecular Hbond substituents is 1. The van der Waals surface area contributed by atoms with Crippen LogP contribution in [0.4, 0.5) is 0 Å². The minimum absolute atomic E-state index is 0.0431. The Morgan fingerprint density at radius 1 is 0.615 bits per heavy atom. The first-order chi connectivity index (χ1) is 25.2. The summed E-state index contributed by atoms with van der Waals surface area (Å²) >= 11 is 0. The van der Waals surface area contributed by atoms with Crippen LogP contribution in [-0.4, -0.2) is 91.9 Å². The first-order valence-corrected chi connectivity index (χ1v) is 17.5. The van der Waals surface area contributed by atoms with E-state index in [-0.39, 0.29) is 17.8 Å². The van der Waals surface area contributed by atoms with E-state index in [9.17, 15) is 5.11 Å². The van der Waals surface area contributed by atoms with E-state index in [0.29, 0.717) is 52.4 Å². The maximum absolute atomic E-state index is 10.8. The molecule has 52 heavy (non-hydrogen) atoms. The van der Waals surface area contributed by atoms with E-state index in [1.165, 1.54) is 5.56 Å². The molecule has 11 heteroatoms. The Morgan fingerprint density at radius 3 is 1.92 bits per heavy atom. The molecule has 0 amide bonds. The molecule has 2 atom stereocenters. The number of nitrogens with zero attached hydrogens (tertiary/aromatic N) is 2. The zero-order valence-electron chi connectivity index (χ0n) is 31.5. The Morgan fingerprint density at radius 2 is 1.25 bits per heavy atom. The van der Waals surface area contributed by atoms with Crippen LogP contribution in [0.1, 0.15) is 45.5 Å². The predicted octanol–water partition coefficient (Wildman–Crippen LogP) is 6.77. The van der Waals surface area contributed by atoms with Gasteiger partial charge in [-0.3, -0.25) is 9.80 Å². The van der Waals surface area contributed by atoms with Crippen LogP contribution in [0.3, 0.4) is 0 Å². The van der Waals surface area contributed by atoms with Crippen LogP contribution in [0.2, 0.25) is 0 Å². The van der Waals surface area contributed by atoms with E-state index in [4.69, 9.17) is 37.9 Å². The van der Waals surface area contributed by atoms with Crippen LogP contribution >= 0.6 is 0 Å². The molecular formula is C41H48N2O9. The number of rotatable bonds is 11. The van der Waals surface area contributed by atoms with Gasteiger partial charge in [-0.05, 0) is 97.9 Å². The molecule has 0 aromatic heterocycles. The second-order valence-corrected chi connectivity index (χ2v) is 13.6. The van der Waals surface area contributed by atoms with Crippen molar-refractivity contribution in [1.29, 1.82) is 0 Å². The van der Waals surface area contributed by atoms with Crippen molar-refractivity contribution in [2.75, 3.05) is 77.0 Å². The van der Waals surface area contributed by atoms with E-state index >= 15 is 0 Å². The fourth-order valence-electron chi connectivity index (χ4n) is 8.36. The zero-order chi connectivity index (χ0) is 36.8. The summed E-state index contributed by atoms with van der Waals surface area (Å²) in [6, 6.07) is 11.8. The van der Waals surface area contributed by atoms with Gasteiger partial charge in [0.15, 0.2) is 46.0 Å². The number of hydrogen-bond acceptors (Lipinski definition) is 11. The number of benzene rings is 4. The number of likely N-dealkylation sites (N-methyl/N-ethyl adjacent to an activating group) is 2. The van der Waals surface area contributed by atoms with E-state index in [2.05, 4.69) is 30.0 Å². The average Bonchev–Trinajstić information content (AvgIpc) is 3.16. The highest BCUT2D eigenvalue weighted by atomic mass is 16.5. The van der Waals surface area contributed by atoms with E-state index in [0.717, 1.165) is 77.0 Å². The van der Waals surface area contributed by atoms with Gasteiger partial charge in [-0.1, -0.05) is 0 Å². The van der Waals surface area contributed by atoms with E-state index in [1.54, 1.807) is 49.8 Å². The molecule has 0 fully saturated rings. The molecule has 3 aliphatic rings. The molecule has 4 aromatic rings. The minimum atomic E-state index is -0.0431. The molecule has 0 radical (unpaired) electrons. The highest BCUT2D eigenvalue weighted by Gasteiger charge is 2.40. The van der Waals surface area contributed by atoms with Crippen LogP contribution in [-0.2, 0) is 25.7 Å². The molecule has 2 aliphatic heterocycles. The number of hydrogen-bond donors (Lipinski definition) is 1. The Labute approximate surface area is 305 Å². The zero-order valence-corrected chi connectivity index (χ0v) is 31.5. The third-order valence-corrected chi connectivity index (χ3v) is 11.0. The standard InChI is InChI=1S/C41H48N2O9/c1-42-12-10-22-16-32(45-3)30(44)19-26(22)28(42)15-24-18-33(46-4)35(48-6)21-31(24)52-36-17-23-14-29-37-25(11-13-43(29)2)39(49-7)41(51-9)40(50-8)38(37)27(23)20-34(36)47-5/h16-21,28-29,44H,10-15H2,1-9H3. The molecule has 2 unspecified atom stereocenters. The quantitative estimate of drug-likeness (QED) is 0.178. The molecule has 0 saturated carbocycles. The lowest BCUT2D eigenvalue weighted by Crippen LogP contribution is -2.36. The fraction of sp³-hybridized carbons (Fsp3) is 0.415. The molecule has 11 nitrogen and oxygen atoms in total. The Hall–Kier alpha value is -5.00. The summed E-state index contributed by atoms with van der Waals surface area (Å²) in [7, 11) is 15.7.